The maximum Gasteiger partial charge on any atom is 0.350 e. The predicted octanol–water partition coefficient (Wildman–Crippen LogP) is 6.06. The van der Waals surface area contributed by atoms with E-state index < -0.39 is 24.5 Å². The van der Waals surface area contributed by atoms with E-state index in [-0.39, 0.29) is 11.5 Å². The Bertz CT molecular complexity index is 1510. The van der Waals surface area contributed by atoms with Crippen LogP contribution in [0.1, 0.15) is 51.6 Å². The summed E-state index contributed by atoms with van der Waals surface area (Å²) in [6, 6.07) is 18.8. The van der Waals surface area contributed by atoms with Gasteiger partial charge in [0, 0.05) is 16.0 Å². The number of carbonyl (C=O) groups excluding carboxylic acids is 3. The van der Waals surface area contributed by atoms with Crippen molar-refractivity contribution in [1.29, 1.82) is 0 Å². The van der Waals surface area contributed by atoms with Crippen LogP contribution in [-0.2, 0) is 27.1 Å². The Morgan fingerprint density at radius 2 is 1.79 bits per heavy atom. The first-order valence-electron chi connectivity index (χ1n) is 12.7. The van der Waals surface area contributed by atoms with Crippen LogP contribution < -0.4 is 5.32 Å². The Labute approximate surface area is 224 Å². The highest BCUT2D eigenvalue weighted by atomic mass is 32.1. The number of aryl methyl sites for hydroxylation is 1. The number of pyridine rings is 1. The van der Waals surface area contributed by atoms with Crippen molar-refractivity contribution in [2.75, 3.05) is 18.5 Å². The normalized spacial score (nSPS) is 14.5. The zero-order chi connectivity index (χ0) is 26.6. The molecule has 0 unspecified atom stereocenters. The molecule has 2 aromatic heterocycles. The fraction of sp³-hybridized carbons (Fsp3) is 0.267. The minimum Gasteiger partial charge on any atom is -0.462 e. The van der Waals surface area contributed by atoms with Gasteiger partial charge < -0.3 is 14.8 Å². The lowest BCUT2D eigenvalue weighted by Gasteiger charge is -2.24. The molecule has 4 aromatic rings. The van der Waals surface area contributed by atoms with Gasteiger partial charge in [0.2, 0.25) is 0 Å². The van der Waals surface area contributed by atoms with Gasteiger partial charge in [0.25, 0.3) is 5.91 Å². The van der Waals surface area contributed by atoms with E-state index >= 15 is 0 Å². The van der Waals surface area contributed by atoms with Crippen LogP contribution >= 0.6 is 11.3 Å². The van der Waals surface area contributed by atoms with E-state index in [0.29, 0.717) is 17.2 Å². The van der Waals surface area contributed by atoms with Gasteiger partial charge in [-0.15, -0.1) is 11.3 Å². The fourth-order valence-electron chi connectivity index (χ4n) is 4.76. The van der Waals surface area contributed by atoms with E-state index in [1.54, 1.807) is 13.0 Å². The van der Waals surface area contributed by atoms with Gasteiger partial charge in [-0.05, 0) is 55.4 Å². The second-order valence-corrected chi connectivity index (χ2v) is 10.4. The lowest BCUT2D eigenvalue weighted by Crippen LogP contribution is -2.24. The molecule has 0 bridgehead atoms. The summed E-state index contributed by atoms with van der Waals surface area (Å²) < 4.78 is 10.7. The van der Waals surface area contributed by atoms with Crippen molar-refractivity contribution >= 4 is 45.8 Å². The van der Waals surface area contributed by atoms with E-state index in [1.165, 1.54) is 11.3 Å². The first-order valence-corrected chi connectivity index (χ1v) is 13.5. The lowest BCUT2D eigenvalue weighted by atomic mass is 9.84. The van der Waals surface area contributed by atoms with Crippen LogP contribution in [0.2, 0.25) is 0 Å². The van der Waals surface area contributed by atoms with E-state index in [1.807, 2.05) is 54.6 Å². The lowest BCUT2D eigenvalue weighted by molar-refractivity contribution is -0.119. The van der Waals surface area contributed by atoms with Crippen LogP contribution in [0.3, 0.4) is 0 Å². The number of amides is 1. The maximum absolute atomic E-state index is 13.3. The summed E-state index contributed by atoms with van der Waals surface area (Å²) in [7, 11) is 0. The maximum atomic E-state index is 13.3. The third-order valence-electron chi connectivity index (χ3n) is 6.57. The molecule has 0 saturated heterocycles. The van der Waals surface area contributed by atoms with Crippen LogP contribution in [0.5, 0.6) is 0 Å². The van der Waals surface area contributed by atoms with Crippen LogP contribution in [0.15, 0.2) is 60.7 Å². The molecule has 1 aliphatic rings. The summed E-state index contributed by atoms with van der Waals surface area (Å²) in [5.41, 5.74) is 4.29. The molecule has 2 aromatic carbocycles. The second-order valence-electron chi connectivity index (χ2n) is 9.34. The number of nitrogens with zero attached hydrogens (tertiary/aromatic N) is 1. The zero-order valence-corrected chi connectivity index (χ0v) is 22.1. The van der Waals surface area contributed by atoms with Gasteiger partial charge >= 0.3 is 11.9 Å². The highest BCUT2D eigenvalue weighted by Crippen LogP contribution is 2.36. The zero-order valence-electron chi connectivity index (χ0n) is 21.3. The SMILES string of the molecule is CCOC(=O)c1sc(-c2ccccc2)cc1NC(=O)COC(=O)c1c2c(nc3ccccc13)CC[C@@H](C)C2. The molecule has 0 saturated carbocycles. The summed E-state index contributed by atoms with van der Waals surface area (Å²) in [5.74, 6) is -1.18. The number of benzene rings is 2. The van der Waals surface area contributed by atoms with Gasteiger partial charge in [0.1, 0.15) is 4.88 Å². The van der Waals surface area contributed by atoms with Crippen LogP contribution in [0, 0.1) is 5.92 Å². The monoisotopic (exact) mass is 528 g/mol. The molecule has 0 spiro atoms. The minimum atomic E-state index is -0.551. The fourth-order valence-corrected chi connectivity index (χ4v) is 5.77. The molecule has 5 rings (SSSR count). The van der Waals surface area contributed by atoms with Crippen LogP contribution in [0.4, 0.5) is 5.69 Å². The Morgan fingerprint density at radius 3 is 2.58 bits per heavy atom. The average molecular weight is 529 g/mol. The molecular weight excluding hydrogens is 500 g/mol. The molecule has 1 atom stereocenters. The summed E-state index contributed by atoms with van der Waals surface area (Å²) >= 11 is 1.24. The number of aromatic nitrogens is 1. The Kier molecular flexibility index (Phi) is 7.51. The first kappa shape index (κ1) is 25.6. The highest BCUT2D eigenvalue weighted by molar-refractivity contribution is 7.18. The van der Waals surface area contributed by atoms with Gasteiger partial charge in [-0.25, -0.2) is 9.59 Å². The Morgan fingerprint density at radius 1 is 1.03 bits per heavy atom. The van der Waals surface area contributed by atoms with Gasteiger partial charge in [-0.1, -0.05) is 55.5 Å². The number of ether oxygens (including phenoxy) is 2. The van der Waals surface area contributed by atoms with Crippen molar-refractivity contribution < 1.29 is 23.9 Å². The van der Waals surface area contributed by atoms with E-state index in [0.717, 1.165) is 51.9 Å². The van der Waals surface area contributed by atoms with Crippen molar-refractivity contribution in [2.45, 2.75) is 33.1 Å². The van der Waals surface area contributed by atoms with Crippen LogP contribution in [-0.4, -0.2) is 36.0 Å². The number of para-hydroxylation sites is 1. The third kappa shape index (κ3) is 5.31. The second kappa shape index (κ2) is 11.1. The Balaban J connectivity index is 1.36. The number of fused-ring (bicyclic) bond motifs is 2. The standard InChI is InChI=1S/C30H28N2O5S/c1-3-36-30(35)28-24(16-25(38-28)19-9-5-4-6-10-19)32-26(33)17-37-29(34)27-20-11-7-8-12-22(20)31-23-14-13-18(2)15-21(23)27/h4-12,16,18H,3,13-15,17H2,1-2H3,(H,32,33)/t18-/m1/s1. The van der Waals surface area contributed by atoms with Crippen molar-refractivity contribution in [3.05, 3.63) is 82.4 Å². The summed E-state index contributed by atoms with van der Waals surface area (Å²) in [5, 5.41) is 3.46. The van der Waals surface area contributed by atoms with Gasteiger partial charge in [-0.2, -0.15) is 0 Å². The van der Waals surface area contributed by atoms with Crippen molar-refractivity contribution in [2.24, 2.45) is 5.92 Å². The molecule has 194 valence electrons. The number of hydrogen-bond acceptors (Lipinski definition) is 7. The van der Waals surface area contributed by atoms with Gasteiger partial charge in [0.15, 0.2) is 6.61 Å². The Hall–Kier alpha value is -4.04. The summed E-state index contributed by atoms with van der Waals surface area (Å²) in [6.07, 6.45) is 2.56. The number of rotatable bonds is 7. The molecule has 2 heterocycles. The molecule has 0 fully saturated rings. The van der Waals surface area contributed by atoms with E-state index in [4.69, 9.17) is 14.5 Å². The predicted molar refractivity (Wildman–Crippen MR) is 148 cm³/mol. The summed E-state index contributed by atoms with van der Waals surface area (Å²) in [6.45, 7) is 3.61. The van der Waals surface area contributed by atoms with Gasteiger partial charge in [-0.3, -0.25) is 9.78 Å². The molecular formula is C30H28N2O5S. The average Bonchev–Trinajstić information content (AvgIpc) is 3.35. The third-order valence-corrected chi connectivity index (χ3v) is 7.73. The molecule has 0 aliphatic heterocycles. The van der Waals surface area contributed by atoms with Crippen LogP contribution in [0.25, 0.3) is 21.3 Å². The molecule has 8 heteroatoms. The minimum absolute atomic E-state index is 0.214. The van der Waals surface area contributed by atoms with Crippen molar-refractivity contribution in [3.8, 4) is 10.4 Å². The first-order chi connectivity index (χ1) is 18.4. The molecule has 1 aliphatic carbocycles. The van der Waals surface area contributed by atoms with Crippen molar-refractivity contribution in [3.63, 3.8) is 0 Å². The highest BCUT2D eigenvalue weighted by Gasteiger charge is 2.27. The number of anilines is 1. The molecule has 1 amide bonds. The van der Waals surface area contributed by atoms with E-state index in [2.05, 4.69) is 12.2 Å². The summed E-state index contributed by atoms with van der Waals surface area (Å²) in [4.78, 5) is 44.7. The molecule has 7 nitrogen and oxygen atoms in total. The van der Waals surface area contributed by atoms with Gasteiger partial charge in [0.05, 0.1) is 23.4 Å². The number of thiophene rings is 1. The topological polar surface area (TPSA) is 94.6 Å². The van der Waals surface area contributed by atoms with Crippen molar-refractivity contribution in [1.82, 2.24) is 4.98 Å². The molecule has 0 radical (unpaired) electrons. The smallest absolute Gasteiger partial charge is 0.350 e. The molecule has 38 heavy (non-hydrogen) atoms. The largest absolute Gasteiger partial charge is 0.462 e. The molecule has 1 N–H and O–H groups in total. The quantitative estimate of drug-likeness (QED) is 0.293. The number of nitrogens with one attached hydrogen (secondary N) is 1. The number of esters is 2. The number of carbonyl (C=O) groups is 3. The number of hydrogen-bond donors (Lipinski definition) is 1. The van der Waals surface area contributed by atoms with E-state index in [9.17, 15) is 14.4 Å².